The number of carbonyl (C=O) groups excluding carboxylic acids is 2. The lowest BCUT2D eigenvalue weighted by molar-refractivity contribution is -0.161. The summed E-state index contributed by atoms with van der Waals surface area (Å²) in [5.41, 5.74) is 0.160. The van der Waals surface area contributed by atoms with Crippen LogP contribution in [-0.2, 0) is 14.3 Å². The topological polar surface area (TPSA) is 43.4 Å². The molecule has 3 heteroatoms. The summed E-state index contributed by atoms with van der Waals surface area (Å²) in [6, 6.07) is 0. The molecule has 0 aromatic carbocycles. The summed E-state index contributed by atoms with van der Waals surface area (Å²) in [5.74, 6) is 0.0290. The van der Waals surface area contributed by atoms with Gasteiger partial charge in [-0.25, -0.2) is 0 Å². The van der Waals surface area contributed by atoms with E-state index in [-0.39, 0.29) is 5.78 Å². The molecule has 0 radical (unpaired) electrons. The van der Waals surface area contributed by atoms with Crippen LogP contribution < -0.4 is 0 Å². The Labute approximate surface area is 123 Å². The van der Waals surface area contributed by atoms with E-state index in [1.165, 1.54) is 12.5 Å². The highest BCUT2D eigenvalue weighted by molar-refractivity contribution is 5.89. The van der Waals surface area contributed by atoms with Crippen molar-refractivity contribution in [3.8, 4) is 0 Å². The van der Waals surface area contributed by atoms with Crippen molar-refractivity contribution in [3.05, 3.63) is 24.3 Å². The molecule has 0 heterocycles. The number of carbonyl (C=O) groups is 2. The molecule has 114 valence electrons. The molecule has 0 aliphatic carbocycles. The quantitative estimate of drug-likeness (QED) is 0.469. The van der Waals surface area contributed by atoms with Crippen LogP contribution in [-0.4, -0.2) is 17.4 Å². The van der Waals surface area contributed by atoms with Gasteiger partial charge in [0.2, 0.25) is 0 Å². The van der Waals surface area contributed by atoms with Crippen molar-refractivity contribution in [2.45, 2.75) is 65.9 Å². The molecule has 0 amide bonds. The van der Waals surface area contributed by atoms with Gasteiger partial charge < -0.3 is 4.74 Å². The molecule has 0 saturated carbocycles. The Morgan fingerprint density at radius 1 is 1.30 bits per heavy atom. The van der Waals surface area contributed by atoms with Crippen LogP contribution in [0.4, 0.5) is 0 Å². The Morgan fingerprint density at radius 3 is 2.40 bits per heavy atom. The average Bonchev–Trinajstić information content (AvgIpc) is 2.33. The Bertz CT molecular complexity index is 378. The van der Waals surface area contributed by atoms with E-state index in [0.29, 0.717) is 12.3 Å². The zero-order valence-corrected chi connectivity index (χ0v) is 13.5. The smallest absolute Gasteiger partial charge is 0.303 e. The zero-order chi connectivity index (χ0) is 15.8. The third kappa shape index (κ3) is 7.93. The number of ketones is 1. The van der Waals surface area contributed by atoms with Gasteiger partial charge in [-0.15, -0.1) is 6.58 Å². The summed E-state index contributed by atoms with van der Waals surface area (Å²) >= 11 is 0. The van der Waals surface area contributed by atoms with E-state index in [9.17, 15) is 9.59 Å². The molecule has 0 aliphatic heterocycles. The van der Waals surface area contributed by atoms with Crippen LogP contribution in [0.1, 0.15) is 60.3 Å². The maximum atomic E-state index is 12.0. The SMILES string of the molecule is C=CC(C)CCCC(C)=CCC(=O)C(C)(C)OC(C)=O. The van der Waals surface area contributed by atoms with Crippen molar-refractivity contribution in [1.29, 1.82) is 0 Å². The molecule has 0 aromatic heterocycles. The number of Topliss-reactive ketones (excluding diaryl/α,β-unsaturated/α-hetero) is 1. The predicted octanol–water partition coefficient (Wildman–Crippen LogP) is 4.23. The third-order valence-electron chi connectivity index (χ3n) is 3.34. The van der Waals surface area contributed by atoms with Crippen LogP contribution in [0, 0.1) is 5.92 Å². The molecule has 1 unspecified atom stereocenters. The Hall–Kier alpha value is -1.38. The minimum Gasteiger partial charge on any atom is -0.452 e. The van der Waals surface area contributed by atoms with E-state index < -0.39 is 11.6 Å². The van der Waals surface area contributed by atoms with Crippen molar-refractivity contribution in [3.63, 3.8) is 0 Å². The highest BCUT2D eigenvalue weighted by Gasteiger charge is 2.29. The summed E-state index contributed by atoms with van der Waals surface area (Å²) in [6.45, 7) is 12.5. The Morgan fingerprint density at radius 2 is 1.90 bits per heavy atom. The van der Waals surface area contributed by atoms with Gasteiger partial charge in [0.05, 0.1) is 0 Å². The molecular formula is C17H28O3. The molecule has 0 spiro atoms. The molecule has 0 aromatic rings. The minimum atomic E-state index is -1.04. The monoisotopic (exact) mass is 280 g/mol. The van der Waals surface area contributed by atoms with Gasteiger partial charge in [-0.3, -0.25) is 9.59 Å². The first-order valence-electron chi connectivity index (χ1n) is 7.20. The molecule has 1 atom stereocenters. The molecule has 20 heavy (non-hydrogen) atoms. The summed E-state index contributed by atoms with van der Waals surface area (Å²) in [6.07, 6.45) is 7.40. The first-order chi connectivity index (χ1) is 9.19. The average molecular weight is 280 g/mol. The van der Waals surface area contributed by atoms with E-state index in [1.807, 2.05) is 19.1 Å². The van der Waals surface area contributed by atoms with Crippen molar-refractivity contribution in [2.24, 2.45) is 5.92 Å². The van der Waals surface area contributed by atoms with Crippen molar-refractivity contribution in [1.82, 2.24) is 0 Å². The Balaban J connectivity index is 4.23. The number of ether oxygens (including phenoxy) is 1. The number of allylic oxidation sites excluding steroid dienone is 3. The second-order valence-corrected chi connectivity index (χ2v) is 5.89. The van der Waals surface area contributed by atoms with E-state index in [1.54, 1.807) is 13.8 Å². The van der Waals surface area contributed by atoms with Crippen molar-refractivity contribution in [2.75, 3.05) is 0 Å². The van der Waals surface area contributed by atoms with Crippen molar-refractivity contribution < 1.29 is 14.3 Å². The van der Waals surface area contributed by atoms with Gasteiger partial charge in [0.15, 0.2) is 11.4 Å². The van der Waals surface area contributed by atoms with Crippen LogP contribution in [0.2, 0.25) is 0 Å². The van der Waals surface area contributed by atoms with Gasteiger partial charge in [0.1, 0.15) is 0 Å². The predicted molar refractivity (Wildman–Crippen MR) is 82.4 cm³/mol. The van der Waals surface area contributed by atoms with Gasteiger partial charge in [0.25, 0.3) is 0 Å². The first kappa shape index (κ1) is 18.6. The lowest BCUT2D eigenvalue weighted by Gasteiger charge is -2.22. The van der Waals surface area contributed by atoms with Crippen LogP contribution in [0.3, 0.4) is 0 Å². The Kier molecular flexibility index (Phi) is 8.12. The van der Waals surface area contributed by atoms with Crippen LogP contribution in [0.15, 0.2) is 24.3 Å². The first-order valence-corrected chi connectivity index (χ1v) is 7.20. The molecule has 3 nitrogen and oxygen atoms in total. The molecule has 0 fully saturated rings. The largest absolute Gasteiger partial charge is 0.452 e. The van der Waals surface area contributed by atoms with E-state index in [2.05, 4.69) is 13.5 Å². The molecular weight excluding hydrogens is 252 g/mol. The highest BCUT2D eigenvalue weighted by Crippen LogP contribution is 2.17. The van der Waals surface area contributed by atoms with Crippen LogP contribution in [0.5, 0.6) is 0 Å². The van der Waals surface area contributed by atoms with Gasteiger partial charge in [-0.1, -0.05) is 24.6 Å². The minimum absolute atomic E-state index is 0.0773. The van der Waals surface area contributed by atoms with Gasteiger partial charge >= 0.3 is 5.97 Å². The van der Waals surface area contributed by atoms with E-state index in [0.717, 1.165) is 19.3 Å². The lowest BCUT2D eigenvalue weighted by Crippen LogP contribution is -2.36. The molecule has 0 rings (SSSR count). The number of esters is 1. The second kappa shape index (κ2) is 8.72. The van der Waals surface area contributed by atoms with Crippen LogP contribution in [0.25, 0.3) is 0 Å². The van der Waals surface area contributed by atoms with Gasteiger partial charge in [-0.05, 0) is 46.0 Å². The summed E-state index contributed by atoms with van der Waals surface area (Å²) in [5, 5.41) is 0. The van der Waals surface area contributed by atoms with Crippen molar-refractivity contribution >= 4 is 11.8 Å². The summed E-state index contributed by atoms with van der Waals surface area (Å²) < 4.78 is 5.03. The van der Waals surface area contributed by atoms with Gasteiger partial charge in [-0.2, -0.15) is 0 Å². The third-order valence-corrected chi connectivity index (χ3v) is 3.34. The summed E-state index contributed by atoms with van der Waals surface area (Å²) in [4.78, 5) is 22.9. The second-order valence-electron chi connectivity index (χ2n) is 5.89. The molecule has 0 aliphatic rings. The van der Waals surface area contributed by atoms with E-state index >= 15 is 0 Å². The number of hydrogen-bond acceptors (Lipinski definition) is 3. The standard InChI is InChI=1S/C17H28O3/c1-7-13(2)9-8-10-14(3)11-12-16(19)17(5,6)20-15(4)18/h7,11,13H,1,8-10,12H2,2-6H3. The number of hydrogen-bond donors (Lipinski definition) is 0. The summed E-state index contributed by atoms with van der Waals surface area (Å²) in [7, 11) is 0. The lowest BCUT2D eigenvalue weighted by atomic mass is 9.97. The normalized spacial score (nSPS) is 13.8. The molecule has 0 bridgehead atoms. The van der Waals surface area contributed by atoms with E-state index in [4.69, 9.17) is 4.74 Å². The fraction of sp³-hybridized carbons (Fsp3) is 0.647. The number of rotatable bonds is 9. The fourth-order valence-electron chi connectivity index (χ4n) is 1.85. The van der Waals surface area contributed by atoms with Gasteiger partial charge in [0, 0.05) is 13.3 Å². The highest BCUT2D eigenvalue weighted by atomic mass is 16.6. The maximum absolute atomic E-state index is 12.0. The fourth-order valence-corrected chi connectivity index (χ4v) is 1.85. The maximum Gasteiger partial charge on any atom is 0.303 e. The molecule has 0 N–H and O–H groups in total. The molecule has 0 saturated heterocycles. The van der Waals surface area contributed by atoms with Crippen LogP contribution >= 0.6 is 0 Å². The zero-order valence-electron chi connectivity index (χ0n) is 13.5.